The molecule has 0 aliphatic heterocycles. The molecule has 0 rings (SSSR count). The maximum absolute atomic E-state index is 10.5. The van der Waals surface area contributed by atoms with Gasteiger partial charge in [-0.05, 0) is 0 Å². The van der Waals surface area contributed by atoms with Gasteiger partial charge >= 0.3 is 0 Å². The molecule has 0 unspecified atom stereocenters. The highest BCUT2D eigenvalue weighted by Crippen LogP contribution is 1.84. The average Bonchev–Trinajstić information content (AvgIpc) is 1.38. The molecule has 0 bridgehead atoms. The zero-order valence-corrected chi connectivity index (χ0v) is 2.49. The fraction of sp³-hybridized carbons (Fsp3) is 1.00. The lowest BCUT2D eigenvalue weighted by molar-refractivity contribution is 0.156. The Bertz CT molecular complexity index is 21.6. The van der Waals surface area contributed by atoms with Crippen molar-refractivity contribution < 1.29 is 8.78 Å². The van der Waals surface area contributed by atoms with Crippen molar-refractivity contribution in [2.45, 2.75) is 6.43 Å². The molecular formula is C2H3F2N. The van der Waals surface area contributed by atoms with Crippen LogP contribution in [-0.4, -0.2) is 13.0 Å². The number of hydrogen-bond donors (Lipinski definition) is 0. The minimum absolute atomic E-state index is 1.03. The summed E-state index contributed by atoms with van der Waals surface area (Å²) in [5, 5.41) is 0. The minimum Gasteiger partial charge on any atom is -0.209 e. The molecule has 1 nitrogen and oxygen atoms in total. The molecule has 0 heterocycles. The van der Waals surface area contributed by atoms with Crippen molar-refractivity contribution in [3.8, 4) is 0 Å². The van der Waals surface area contributed by atoms with Gasteiger partial charge < -0.3 is 0 Å². The Kier molecular flexibility index (Phi) is 2.01. The highest BCUT2D eigenvalue weighted by molar-refractivity contribution is 4.29. The molecule has 30 valence electrons. The second-order valence-corrected chi connectivity index (χ2v) is 0.574. The fourth-order valence-electron chi connectivity index (χ4n) is 0. The van der Waals surface area contributed by atoms with Crippen LogP contribution in [-0.2, 0) is 0 Å². The second-order valence-electron chi connectivity index (χ2n) is 0.574. The van der Waals surface area contributed by atoms with Crippen molar-refractivity contribution in [2.75, 3.05) is 6.54 Å². The van der Waals surface area contributed by atoms with E-state index in [1.807, 2.05) is 0 Å². The van der Waals surface area contributed by atoms with Gasteiger partial charge in [0, 0.05) is 0 Å². The summed E-state index contributed by atoms with van der Waals surface area (Å²) in [5.74, 6) is 0. The highest BCUT2D eigenvalue weighted by atomic mass is 19.3. The van der Waals surface area contributed by atoms with Gasteiger partial charge in [-0.1, -0.05) is 0 Å². The molecule has 0 aromatic carbocycles. The Hall–Kier alpha value is -0.180. The van der Waals surface area contributed by atoms with Crippen LogP contribution in [0, 0.1) is 0 Å². The second kappa shape index (κ2) is 2.08. The van der Waals surface area contributed by atoms with E-state index in [0.29, 0.717) is 0 Å². The van der Waals surface area contributed by atoms with Gasteiger partial charge in [0.25, 0.3) is 6.43 Å². The van der Waals surface area contributed by atoms with Gasteiger partial charge in [-0.15, -0.1) is 5.73 Å². The van der Waals surface area contributed by atoms with E-state index in [1.165, 1.54) is 0 Å². The lowest BCUT2D eigenvalue weighted by Gasteiger charge is -1.79. The summed E-state index contributed by atoms with van der Waals surface area (Å²) in [6.45, 7) is -1.03. The van der Waals surface area contributed by atoms with Gasteiger partial charge in [-0.2, -0.15) is 0 Å². The quantitative estimate of drug-likeness (QED) is 0.432. The van der Waals surface area contributed by atoms with E-state index in [2.05, 4.69) is 0 Å². The Morgan fingerprint density at radius 2 is 1.80 bits per heavy atom. The first-order valence-electron chi connectivity index (χ1n) is 1.16. The third-order valence-electron chi connectivity index (χ3n) is 0.138. The summed E-state index contributed by atoms with van der Waals surface area (Å²) < 4.78 is 21.0. The number of halogens is 2. The van der Waals surface area contributed by atoms with Crippen molar-refractivity contribution in [2.24, 2.45) is 0 Å². The zero-order valence-electron chi connectivity index (χ0n) is 2.49. The molecular weight excluding hydrogens is 76.0 g/mol. The Morgan fingerprint density at radius 1 is 1.60 bits per heavy atom. The van der Waals surface area contributed by atoms with Crippen LogP contribution >= 0.6 is 0 Å². The van der Waals surface area contributed by atoms with Crippen LogP contribution in [0.15, 0.2) is 0 Å². The van der Waals surface area contributed by atoms with Crippen LogP contribution in [0.3, 0.4) is 0 Å². The van der Waals surface area contributed by atoms with Gasteiger partial charge in [0.1, 0.15) is 0 Å². The van der Waals surface area contributed by atoms with Crippen LogP contribution in [0.4, 0.5) is 8.78 Å². The van der Waals surface area contributed by atoms with Gasteiger partial charge in [0.15, 0.2) is 0 Å². The monoisotopic (exact) mass is 79.0 g/mol. The molecule has 0 atom stereocenters. The predicted octanol–water partition coefficient (Wildman–Crippen LogP) is 0.320. The Balaban J connectivity index is 2.54. The number of hydrogen-bond acceptors (Lipinski definition) is 0. The van der Waals surface area contributed by atoms with Crippen molar-refractivity contribution in [1.29, 1.82) is 0 Å². The van der Waals surface area contributed by atoms with E-state index in [1.54, 1.807) is 0 Å². The lowest BCUT2D eigenvalue weighted by atomic mass is 10.7. The topological polar surface area (TPSA) is 22.3 Å². The molecule has 0 aromatic heterocycles. The van der Waals surface area contributed by atoms with Crippen LogP contribution < -0.4 is 5.73 Å². The number of rotatable bonds is 1. The molecule has 0 saturated heterocycles. The zero-order chi connectivity index (χ0) is 4.28. The van der Waals surface area contributed by atoms with Crippen LogP contribution in [0.1, 0.15) is 0 Å². The molecule has 0 saturated carbocycles. The molecule has 0 amide bonds. The molecule has 0 N–H and O–H groups in total. The smallest absolute Gasteiger partial charge is 0.209 e. The first kappa shape index (κ1) is 4.82. The standard InChI is InChI=1S/C2H3F2N/c3-2(4)1-5/h2H,1H2. The average molecular weight is 79.0 g/mol. The number of nitrogens with zero attached hydrogens (tertiary/aromatic N) is 1. The molecule has 3 heteroatoms. The first-order valence-corrected chi connectivity index (χ1v) is 1.16. The SMILES string of the molecule is [N]CC(F)F. The third-order valence-corrected chi connectivity index (χ3v) is 0.138. The largest absolute Gasteiger partial charge is 0.254 e. The van der Waals surface area contributed by atoms with E-state index in [-0.39, 0.29) is 0 Å². The minimum atomic E-state index is -2.56. The summed E-state index contributed by atoms with van der Waals surface area (Å²) in [7, 11) is 0. The molecule has 5 heavy (non-hydrogen) atoms. The Morgan fingerprint density at radius 3 is 1.80 bits per heavy atom. The molecule has 0 aliphatic carbocycles. The third kappa shape index (κ3) is 3.82. The first-order chi connectivity index (χ1) is 2.27. The summed E-state index contributed by atoms with van der Waals surface area (Å²) in [4.78, 5) is 0. The number of alkyl halides is 2. The molecule has 0 spiro atoms. The van der Waals surface area contributed by atoms with Crippen LogP contribution in [0.25, 0.3) is 0 Å². The van der Waals surface area contributed by atoms with Crippen molar-refractivity contribution in [3.63, 3.8) is 0 Å². The van der Waals surface area contributed by atoms with E-state index in [9.17, 15) is 8.78 Å². The van der Waals surface area contributed by atoms with Gasteiger partial charge in [0.2, 0.25) is 0 Å². The maximum Gasteiger partial charge on any atom is 0.254 e. The molecule has 2 radical (unpaired) electrons. The summed E-state index contributed by atoms with van der Waals surface area (Å²) >= 11 is 0. The lowest BCUT2D eigenvalue weighted by Crippen LogP contribution is -1.96. The normalized spacial score (nSPS) is 9.60. The molecule has 0 fully saturated rings. The highest BCUT2D eigenvalue weighted by Gasteiger charge is 1.93. The predicted molar refractivity (Wildman–Crippen MR) is 13.0 cm³/mol. The molecule has 0 aliphatic rings. The van der Waals surface area contributed by atoms with E-state index >= 15 is 0 Å². The van der Waals surface area contributed by atoms with Crippen LogP contribution in [0.5, 0.6) is 0 Å². The summed E-state index contributed by atoms with van der Waals surface area (Å²) in [6.07, 6.45) is -2.56. The summed E-state index contributed by atoms with van der Waals surface area (Å²) in [6, 6.07) is 0. The van der Waals surface area contributed by atoms with E-state index < -0.39 is 13.0 Å². The van der Waals surface area contributed by atoms with Crippen LogP contribution in [0.2, 0.25) is 0 Å². The maximum atomic E-state index is 10.5. The van der Waals surface area contributed by atoms with Gasteiger partial charge in [-0.25, -0.2) is 8.78 Å². The van der Waals surface area contributed by atoms with Crippen molar-refractivity contribution in [1.82, 2.24) is 5.73 Å². The van der Waals surface area contributed by atoms with Gasteiger partial charge in [0.05, 0.1) is 6.54 Å². The van der Waals surface area contributed by atoms with E-state index in [0.717, 1.165) is 0 Å². The van der Waals surface area contributed by atoms with Gasteiger partial charge in [-0.3, -0.25) is 0 Å². The van der Waals surface area contributed by atoms with Crippen molar-refractivity contribution in [3.05, 3.63) is 0 Å². The van der Waals surface area contributed by atoms with E-state index in [4.69, 9.17) is 5.73 Å². The molecule has 0 aromatic rings. The van der Waals surface area contributed by atoms with Crippen molar-refractivity contribution >= 4 is 0 Å². The fourth-order valence-corrected chi connectivity index (χ4v) is 0. The summed E-state index contributed by atoms with van der Waals surface area (Å²) in [5.41, 5.74) is 7.39. The Labute approximate surface area is 28.8 Å².